The normalized spacial score (nSPS) is 16.3. The van der Waals surface area contributed by atoms with Crippen LogP contribution in [0.15, 0.2) is 24.3 Å². The predicted molar refractivity (Wildman–Crippen MR) is 70.0 cm³/mol. The maximum atomic E-state index is 12.7. The summed E-state index contributed by atoms with van der Waals surface area (Å²) in [6.45, 7) is 0.729. The number of urea groups is 1. The molecule has 0 spiro atoms. The molecule has 0 heterocycles. The predicted octanol–water partition coefficient (Wildman–Crippen LogP) is 3.53. The molecule has 0 aromatic heterocycles. The third-order valence-corrected chi connectivity index (χ3v) is 3.38. The molecule has 2 rings (SSSR count). The summed E-state index contributed by atoms with van der Waals surface area (Å²) >= 11 is 0. The molecule has 2 N–H and O–H groups in total. The molecule has 1 saturated carbocycles. The fourth-order valence-electron chi connectivity index (χ4n) is 2.34. The number of halogens is 1. The molecule has 0 saturated heterocycles. The molecule has 3 nitrogen and oxygen atoms in total. The molecule has 0 bridgehead atoms. The monoisotopic (exact) mass is 250 g/mol. The highest BCUT2D eigenvalue weighted by Gasteiger charge is 2.14. The molecule has 1 fully saturated rings. The second-order valence-corrected chi connectivity index (χ2v) is 4.85. The third-order valence-electron chi connectivity index (χ3n) is 3.38. The zero-order valence-electron chi connectivity index (χ0n) is 10.4. The van der Waals surface area contributed by atoms with Crippen molar-refractivity contribution in [3.05, 3.63) is 30.1 Å². The maximum absolute atomic E-state index is 12.7. The Morgan fingerprint density at radius 2 is 1.83 bits per heavy atom. The second kappa shape index (κ2) is 6.38. The van der Waals surface area contributed by atoms with E-state index in [1.165, 1.54) is 44.2 Å². The SMILES string of the molecule is O=C(NCC1CCCCC1)Nc1ccc(F)cc1. The number of carbonyl (C=O) groups excluding carboxylic acids is 1. The van der Waals surface area contributed by atoms with Crippen LogP contribution >= 0.6 is 0 Å². The van der Waals surface area contributed by atoms with Gasteiger partial charge in [-0.15, -0.1) is 0 Å². The van der Waals surface area contributed by atoms with Gasteiger partial charge in [-0.3, -0.25) is 0 Å². The van der Waals surface area contributed by atoms with Crippen LogP contribution in [0.3, 0.4) is 0 Å². The fourth-order valence-corrected chi connectivity index (χ4v) is 2.34. The van der Waals surface area contributed by atoms with Crippen LogP contribution < -0.4 is 10.6 Å². The summed E-state index contributed by atoms with van der Waals surface area (Å²) in [5.41, 5.74) is 0.609. The van der Waals surface area contributed by atoms with Crippen molar-refractivity contribution < 1.29 is 9.18 Å². The van der Waals surface area contributed by atoms with E-state index in [1.54, 1.807) is 12.1 Å². The summed E-state index contributed by atoms with van der Waals surface area (Å²) in [7, 11) is 0. The van der Waals surface area contributed by atoms with Crippen molar-refractivity contribution in [3.63, 3.8) is 0 Å². The molecular formula is C14H19FN2O. The lowest BCUT2D eigenvalue weighted by molar-refractivity contribution is 0.247. The summed E-state index contributed by atoms with van der Waals surface area (Å²) in [6, 6.07) is 5.55. The van der Waals surface area contributed by atoms with Crippen LogP contribution in [0.5, 0.6) is 0 Å². The molecule has 0 radical (unpaired) electrons. The van der Waals surface area contributed by atoms with Crippen LogP contribution in [0.4, 0.5) is 14.9 Å². The van der Waals surface area contributed by atoms with Gasteiger partial charge in [0.15, 0.2) is 0 Å². The molecule has 0 aliphatic heterocycles. The van der Waals surface area contributed by atoms with Gasteiger partial charge in [0.25, 0.3) is 0 Å². The highest BCUT2D eigenvalue weighted by molar-refractivity contribution is 5.89. The van der Waals surface area contributed by atoms with Gasteiger partial charge in [-0.05, 0) is 43.0 Å². The molecule has 1 aliphatic rings. The van der Waals surface area contributed by atoms with E-state index in [-0.39, 0.29) is 11.8 Å². The lowest BCUT2D eigenvalue weighted by Gasteiger charge is -2.21. The van der Waals surface area contributed by atoms with E-state index in [9.17, 15) is 9.18 Å². The van der Waals surface area contributed by atoms with Crippen molar-refractivity contribution in [2.24, 2.45) is 5.92 Å². The van der Waals surface area contributed by atoms with E-state index in [0.29, 0.717) is 11.6 Å². The minimum absolute atomic E-state index is 0.216. The molecule has 1 aromatic carbocycles. The Kier molecular flexibility index (Phi) is 4.56. The van der Waals surface area contributed by atoms with Gasteiger partial charge < -0.3 is 10.6 Å². The average Bonchev–Trinajstić information content (AvgIpc) is 2.40. The second-order valence-electron chi connectivity index (χ2n) is 4.85. The van der Waals surface area contributed by atoms with Crippen LogP contribution in [0.25, 0.3) is 0 Å². The number of carbonyl (C=O) groups is 1. The quantitative estimate of drug-likeness (QED) is 0.846. The van der Waals surface area contributed by atoms with E-state index in [4.69, 9.17) is 0 Å². The van der Waals surface area contributed by atoms with Crippen LogP contribution in [0.2, 0.25) is 0 Å². The van der Waals surface area contributed by atoms with Crippen molar-refractivity contribution in [1.82, 2.24) is 5.32 Å². The minimum Gasteiger partial charge on any atom is -0.338 e. The Hall–Kier alpha value is -1.58. The summed E-state index contributed by atoms with van der Waals surface area (Å²) in [4.78, 5) is 11.6. The first-order valence-electron chi connectivity index (χ1n) is 6.54. The maximum Gasteiger partial charge on any atom is 0.319 e. The lowest BCUT2D eigenvalue weighted by atomic mass is 9.89. The van der Waals surface area contributed by atoms with Gasteiger partial charge in [-0.2, -0.15) is 0 Å². The van der Waals surface area contributed by atoms with Crippen molar-refractivity contribution in [2.75, 3.05) is 11.9 Å². The van der Waals surface area contributed by atoms with Gasteiger partial charge in [0.2, 0.25) is 0 Å². The molecule has 4 heteroatoms. The van der Waals surface area contributed by atoms with Gasteiger partial charge in [0.1, 0.15) is 5.82 Å². The molecule has 2 amide bonds. The van der Waals surface area contributed by atoms with E-state index in [0.717, 1.165) is 6.54 Å². The summed E-state index contributed by atoms with van der Waals surface area (Å²) in [6.07, 6.45) is 6.27. The van der Waals surface area contributed by atoms with Gasteiger partial charge in [0, 0.05) is 12.2 Å². The molecule has 18 heavy (non-hydrogen) atoms. The van der Waals surface area contributed by atoms with E-state index in [1.807, 2.05) is 0 Å². The summed E-state index contributed by atoms with van der Waals surface area (Å²) in [5.74, 6) is 0.306. The number of amides is 2. The smallest absolute Gasteiger partial charge is 0.319 e. The Labute approximate surface area is 107 Å². The number of hydrogen-bond donors (Lipinski definition) is 2. The number of hydrogen-bond acceptors (Lipinski definition) is 1. The lowest BCUT2D eigenvalue weighted by Crippen LogP contribution is -2.33. The molecule has 98 valence electrons. The first kappa shape index (κ1) is 12.9. The summed E-state index contributed by atoms with van der Waals surface area (Å²) < 4.78 is 12.7. The Bertz CT molecular complexity index is 385. The standard InChI is InChI=1S/C14H19FN2O/c15-12-6-8-13(9-7-12)17-14(18)16-10-11-4-2-1-3-5-11/h6-9,11H,1-5,10H2,(H2,16,17,18). The van der Waals surface area contributed by atoms with E-state index >= 15 is 0 Å². The van der Waals surface area contributed by atoms with Crippen LogP contribution in [-0.2, 0) is 0 Å². The van der Waals surface area contributed by atoms with Crippen LogP contribution in [-0.4, -0.2) is 12.6 Å². The van der Waals surface area contributed by atoms with Crippen LogP contribution in [0.1, 0.15) is 32.1 Å². The topological polar surface area (TPSA) is 41.1 Å². The highest BCUT2D eigenvalue weighted by atomic mass is 19.1. The van der Waals surface area contributed by atoms with Gasteiger partial charge in [-0.1, -0.05) is 19.3 Å². The summed E-state index contributed by atoms with van der Waals surface area (Å²) in [5, 5.41) is 5.56. The Morgan fingerprint density at radius 1 is 1.17 bits per heavy atom. The Balaban J connectivity index is 1.73. The number of rotatable bonds is 3. The van der Waals surface area contributed by atoms with Gasteiger partial charge >= 0.3 is 6.03 Å². The zero-order valence-corrected chi connectivity index (χ0v) is 10.4. The molecule has 0 atom stereocenters. The van der Waals surface area contributed by atoms with Gasteiger partial charge in [-0.25, -0.2) is 9.18 Å². The highest BCUT2D eigenvalue weighted by Crippen LogP contribution is 2.22. The minimum atomic E-state index is -0.303. The van der Waals surface area contributed by atoms with Crippen molar-refractivity contribution in [1.29, 1.82) is 0 Å². The number of benzene rings is 1. The van der Waals surface area contributed by atoms with Gasteiger partial charge in [0.05, 0.1) is 0 Å². The average molecular weight is 250 g/mol. The van der Waals surface area contributed by atoms with Crippen molar-refractivity contribution in [3.8, 4) is 0 Å². The molecule has 1 aromatic rings. The van der Waals surface area contributed by atoms with E-state index < -0.39 is 0 Å². The molecule has 0 unspecified atom stereocenters. The Morgan fingerprint density at radius 3 is 2.50 bits per heavy atom. The first-order valence-corrected chi connectivity index (χ1v) is 6.54. The largest absolute Gasteiger partial charge is 0.338 e. The van der Waals surface area contributed by atoms with Crippen molar-refractivity contribution in [2.45, 2.75) is 32.1 Å². The van der Waals surface area contributed by atoms with Crippen molar-refractivity contribution >= 4 is 11.7 Å². The van der Waals surface area contributed by atoms with E-state index in [2.05, 4.69) is 10.6 Å². The third kappa shape index (κ3) is 4.02. The molecule has 1 aliphatic carbocycles. The fraction of sp³-hybridized carbons (Fsp3) is 0.500. The zero-order chi connectivity index (χ0) is 12.8. The first-order chi connectivity index (χ1) is 8.74. The molecular weight excluding hydrogens is 231 g/mol. The van der Waals surface area contributed by atoms with Crippen LogP contribution in [0, 0.1) is 11.7 Å². The number of anilines is 1. The number of nitrogens with one attached hydrogen (secondary N) is 2.